The largest absolute Gasteiger partial charge is 0.493 e. The van der Waals surface area contributed by atoms with Gasteiger partial charge in [-0.25, -0.2) is 0 Å². The Morgan fingerprint density at radius 1 is 1.00 bits per heavy atom. The number of ether oxygens (including phenoxy) is 1. The summed E-state index contributed by atoms with van der Waals surface area (Å²) in [5.41, 5.74) is 10.1. The number of rotatable bonds is 5. The maximum absolute atomic E-state index is 5.88. The molecule has 4 aliphatic carbocycles. The van der Waals surface area contributed by atoms with E-state index in [1.807, 2.05) is 31.8 Å². The molecular formula is C33H43NOS. The first-order chi connectivity index (χ1) is 17.5. The molecule has 4 saturated carbocycles. The number of aryl methyl sites for hydroxylation is 2. The number of nitrogens with one attached hydrogen (secondary N) is 1. The maximum atomic E-state index is 5.88. The van der Waals surface area contributed by atoms with Gasteiger partial charge in [0.1, 0.15) is 11.1 Å². The third-order valence-electron chi connectivity index (χ3n) is 7.83. The van der Waals surface area contributed by atoms with E-state index < -0.39 is 0 Å². The maximum Gasteiger partial charge on any atom is 0.119 e. The first-order valence-electron chi connectivity index (χ1n) is 13.7. The van der Waals surface area contributed by atoms with Gasteiger partial charge in [0.15, 0.2) is 0 Å². The molecular weight excluding hydrogens is 458 g/mol. The van der Waals surface area contributed by atoms with Gasteiger partial charge in [-0.3, -0.25) is 0 Å². The third-order valence-corrected chi connectivity index (χ3v) is 8.79. The molecule has 0 saturated heterocycles. The van der Waals surface area contributed by atoms with Crippen molar-refractivity contribution in [2.24, 2.45) is 17.8 Å². The van der Waals surface area contributed by atoms with Crippen LogP contribution in [0.2, 0.25) is 0 Å². The van der Waals surface area contributed by atoms with Crippen molar-refractivity contribution in [2.75, 3.05) is 6.61 Å². The lowest BCUT2D eigenvalue weighted by Crippen LogP contribution is -2.38. The molecule has 2 bridgehead atoms. The van der Waals surface area contributed by atoms with E-state index in [1.165, 1.54) is 65.5 Å². The van der Waals surface area contributed by atoms with Crippen molar-refractivity contribution >= 4 is 17.3 Å². The predicted molar refractivity (Wildman–Crippen MR) is 157 cm³/mol. The van der Waals surface area contributed by atoms with Crippen LogP contribution in [0.3, 0.4) is 0 Å². The summed E-state index contributed by atoms with van der Waals surface area (Å²) in [5, 5.41) is 5.93. The molecule has 4 fully saturated rings. The van der Waals surface area contributed by atoms with Crippen LogP contribution in [-0.2, 0) is 0 Å². The van der Waals surface area contributed by atoms with E-state index in [2.05, 4.69) is 80.5 Å². The summed E-state index contributed by atoms with van der Waals surface area (Å²) in [7, 11) is 0. The molecule has 0 amide bonds. The van der Waals surface area contributed by atoms with E-state index in [1.54, 1.807) is 5.57 Å². The van der Waals surface area contributed by atoms with Crippen LogP contribution < -0.4 is 10.1 Å². The zero-order chi connectivity index (χ0) is 25.7. The Labute approximate surface area is 223 Å². The molecule has 5 aliphatic rings. The minimum Gasteiger partial charge on any atom is -0.493 e. The second-order valence-electron chi connectivity index (χ2n) is 10.5. The normalized spacial score (nSPS) is 24.9. The Bertz CT molecular complexity index is 1090. The van der Waals surface area contributed by atoms with Gasteiger partial charge in [0.25, 0.3) is 0 Å². The quantitative estimate of drug-likeness (QED) is 0.412. The zero-order valence-corrected chi connectivity index (χ0v) is 23.6. The number of allylic oxidation sites excluding steroid dienone is 2. The molecule has 192 valence electrons. The lowest BCUT2D eigenvalue weighted by molar-refractivity contribution is 0.103. The predicted octanol–water partition coefficient (Wildman–Crippen LogP) is 9.37. The minimum absolute atomic E-state index is 0.389. The summed E-state index contributed by atoms with van der Waals surface area (Å²) in [6.45, 7) is 15.6. The molecule has 0 radical (unpaired) electrons. The monoisotopic (exact) mass is 501 g/mol. The van der Waals surface area contributed by atoms with Crippen molar-refractivity contribution in [3.63, 3.8) is 0 Å². The Hall–Kier alpha value is -2.39. The van der Waals surface area contributed by atoms with Crippen LogP contribution in [-0.4, -0.2) is 6.61 Å². The second kappa shape index (κ2) is 12.2. The summed E-state index contributed by atoms with van der Waals surface area (Å²) < 4.78 is 5.88. The SMILES string of the molecule is C=C1C(COc2ccc(C)cc2)CC2CC1C2.CC.CC(=C1CC1)c1cc(C)ccc1C1NC=CS1. The van der Waals surface area contributed by atoms with Crippen LogP contribution in [0.15, 0.2) is 71.8 Å². The van der Waals surface area contributed by atoms with Crippen molar-refractivity contribution in [2.45, 2.75) is 72.1 Å². The van der Waals surface area contributed by atoms with E-state index in [-0.39, 0.29) is 0 Å². The second-order valence-corrected chi connectivity index (χ2v) is 11.5. The van der Waals surface area contributed by atoms with Gasteiger partial charge in [0.2, 0.25) is 0 Å². The van der Waals surface area contributed by atoms with E-state index in [9.17, 15) is 0 Å². The molecule has 2 aromatic rings. The fourth-order valence-electron chi connectivity index (χ4n) is 5.42. The lowest BCUT2D eigenvalue weighted by Gasteiger charge is -2.46. The molecule has 36 heavy (non-hydrogen) atoms. The van der Waals surface area contributed by atoms with Gasteiger partial charge in [-0.2, -0.15) is 0 Å². The van der Waals surface area contributed by atoms with Crippen molar-refractivity contribution in [3.8, 4) is 5.75 Å². The molecule has 2 nitrogen and oxygen atoms in total. The molecule has 3 heteroatoms. The minimum atomic E-state index is 0.389. The number of hydrogen-bond donors (Lipinski definition) is 1. The Kier molecular flexibility index (Phi) is 9.06. The molecule has 0 spiro atoms. The topological polar surface area (TPSA) is 21.3 Å². The van der Waals surface area contributed by atoms with Crippen LogP contribution in [0.4, 0.5) is 0 Å². The van der Waals surface area contributed by atoms with Crippen molar-refractivity contribution < 1.29 is 4.74 Å². The van der Waals surface area contributed by atoms with Gasteiger partial charge in [-0.15, -0.1) is 11.8 Å². The highest BCUT2D eigenvalue weighted by Crippen LogP contribution is 2.50. The molecule has 2 aromatic carbocycles. The molecule has 1 N–H and O–H groups in total. The van der Waals surface area contributed by atoms with E-state index in [0.29, 0.717) is 11.3 Å². The summed E-state index contributed by atoms with van der Waals surface area (Å²) >= 11 is 1.85. The molecule has 1 aliphatic heterocycles. The van der Waals surface area contributed by atoms with Crippen molar-refractivity contribution in [1.82, 2.24) is 5.32 Å². The highest BCUT2D eigenvalue weighted by atomic mass is 32.2. The van der Waals surface area contributed by atoms with E-state index in [4.69, 9.17) is 4.74 Å². The fraction of sp³-hybridized carbons (Fsp3) is 0.455. The third kappa shape index (κ3) is 6.48. The first kappa shape index (κ1) is 26.7. The lowest BCUT2D eigenvalue weighted by atomic mass is 9.59. The van der Waals surface area contributed by atoms with Crippen LogP contribution in [0, 0.1) is 31.6 Å². The highest BCUT2D eigenvalue weighted by Gasteiger charge is 2.41. The molecule has 2 atom stereocenters. The van der Waals surface area contributed by atoms with Crippen molar-refractivity contribution in [1.29, 1.82) is 0 Å². The molecule has 2 unspecified atom stereocenters. The molecule has 7 rings (SSSR count). The van der Waals surface area contributed by atoms with Gasteiger partial charge >= 0.3 is 0 Å². The zero-order valence-electron chi connectivity index (χ0n) is 22.8. The highest BCUT2D eigenvalue weighted by molar-refractivity contribution is 8.02. The Morgan fingerprint density at radius 3 is 2.31 bits per heavy atom. The number of benzene rings is 2. The fourth-order valence-corrected chi connectivity index (χ4v) is 6.25. The molecule has 1 heterocycles. The van der Waals surface area contributed by atoms with Crippen LogP contribution in [0.25, 0.3) is 5.57 Å². The van der Waals surface area contributed by atoms with Gasteiger partial charge < -0.3 is 10.1 Å². The summed E-state index contributed by atoms with van der Waals surface area (Å²) in [6, 6.07) is 15.1. The van der Waals surface area contributed by atoms with Crippen LogP contribution in [0.1, 0.15) is 80.5 Å². The van der Waals surface area contributed by atoms with Gasteiger partial charge in [0.05, 0.1) is 6.61 Å². The van der Waals surface area contributed by atoms with Gasteiger partial charge in [-0.1, -0.05) is 73.0 Å². The van der Waals surface area contributed by atoms with Crippen LogP contribution >= 0.6 is 11.8 Å². The first-order valence-corrected chi connectivity index (χ1v) is 14.7. The number of hydrogen-bond acceptors (Lipinski definition) is 3. The van der Waals surface area contributed by atoms with Gasteiger partial charge in [-0.05, 0) is 99.0 Å². The summed E-state index contributed by atoms with van der Waals surface area (Å²) in [4.78, 5) is 0. The van der Waals surface area contributed by atoms with E-state index in [0.717, 1.165) is 24.2 Å². The Morgan fingerprint density at radius 2 is 1.69 bits per heavy atom. The average Bonchev–Trinajstić information content (AvgIpc) is 3.59. The number of thioether (sulfide) groups is 1. The number of fused-ring (bicyclic) bond motifs is 2. The standard InChI is InChI=1S/C16H20O.C15H17NS.C2H6/c1-11-3-5-16(6-4-11)17-10-15-9-13-7-14(8-13)12(15)2;1-10-3-6-13(15-16-7-8-17-15)14(9-10)11(2)12-4-5-12;1-2/h3-6,13-15H,2,7-10H2,1H3;3,6-9,15-16H,4-5H2,1-2H3;1-2H3. The molecule has 0 aromatic heterocycles. The van der Waals surface area contributed by atoms with Crippen molar-refractivity contribution in [3.05, 3.63) is 94.1 Å². The average molecular weight is 502 g/mol. The van der Waals surface area contributed by atoms with Gasteiger partial charge in [0, 0.05) is 12.1 Å². The summed E-state index contributed by atoms with van der Waals surface area (Å²) in [5.74, 6) is 3.34. The van der Waals surface area contributed by atoms with Crippen LogP contribution in [0.5, 0.6) is 5.75 Å². The smallest absolute Gasteiger partial charge is 0.119 e. The summed E-state index contributed by atoms with van der Waals surface area (Å²) in [6.07, 6.45) is 8.70. The van der Waals surface area contributed by atoms with E-state index >= 15 is 0 Å². The Balaban J connectivity index is 0.000000158.